The van der Waals surface area contributed by atoms with Gasteiger partial charge in [-0.3, -0.25) is 9.69 Å². The molecular formula is C38H43ClN8O3. The zero-order valence-electron chi connectivity index (χ0n) is 28.8. The summed E-state index contributed by atoms with van der Waals surface area (Å²) in [4.78, 5) is 32.3. The Morgan fingerprint density at radius 1 is 1.04 bits per heavy atom. The van der Waals surface area contributed by atoms with E-state index in [-0.39, 0.29) is 11.4 Å². The maximum absolute atomic E-state index is 13.0. The summed E-state index contributed by atoms with van der Waals surface area (Å²) in [5.41, 5.74) is 4.18. The van der Waals surface area contributed by atoms with Gasteiger partial charge in [-0.25, -0.2) is 0 Å². The lowest BCUT2D eigenvalue weighted by Gasteiger charge is -2.38. The van der Waals surface area contributed by atoms with Gasteiger partial charge in [-0.05, 0) is 75.7 Å². The zero-order chi connectivity index (χ0) is 34.7. The van der Waals surface area contributed by atoms with E-state index >= 15 is 0 Å². The number of hydrogen-bond acceptors (Lipinski definition) is 10. The van der Waals surface area contributed by atoms with Crippen molar-refractivity contribution in [2.45, 2.75) is 58.0 Å². The molecule has 260 valence electrons. The highest BCUT2D eigenvalue weighted by molar-refractivity contribution is 6.36. The number of nitrogens with zero attached hydrogens (tertiary/aromatic N) is 8. The van der Waals surface area contributed by atoms with Gasteiger partial charge in [0.15, 0.2) is 5.76 Å². The highest BCUT2D eigenvalue weighted by atomic mass is 35.5. The van der Waals surface area contributed by atoms with Crippen molar-refractivity contribution in [3.8, 4) is 12.1 Å². The molecule has 3 fully saturated rings. The van der Waals surface area contributed by atoms with Crippen LogP contribution < -0.4 is 14.5 Å². The minimum absolute atomic E-state index is 0.0335. The Balaban J connectivity index is 0.00000126. The topological polar surface area (TPSA) is 115 Å². The van der Waals surface area contributed by atoms with Crippen molar-refractivity contribution < 1.29 is 14.1 Å². The number of anilines is 2. The molecule has 1 amide bonds. The second kappa shape index (κ2) is 14.7. The van der Waals surface area contributed by atoms with Crippen LogP contribution in [0.2, 0.25) is 5.02 Å². The molecule has 11 nitrogen and oxygen atoms in total. The van der Waals surface area contributed by atoms with E-state index in [2.05, 4.69) is 44.1 Å². The first-order valence-corrected chi connectivity index (χ1v) is 17.9. The molecule has 0 unspecified atom stereocenters. The van der Waals surface area contributed by atoms with Crippen LogP contribution in [-0.2, 0) is 17.8 Å². The lowest BCUT2D eigenvalue weighted by molar-refractivity contribution is -0.126. The van der Waals surface area contributed by atoms with Gasteiger partial charge >= 0.3 is 6.01 Å². The molecule has 6 heterocycles. The number of fused-ring (bicyclic) bond motifs is 3. The minimum Gasteiger partial charge on any atom is -0.461 e. The summed E-state index contributed by atoms with van der Waals surface area (Å²) in [7, 11) is 0. The summed E-state index contributed by atoms with van der Waals surface area (Å²) < 4.78 is 11.8. The first-order valence-electron chi connectivity index (χ1n) is 17.5. The Kier molecular flexibility index (Phi) is 9.92. The highest BCUT2D eigenvalue weighted by Gasteiger charge is 2.45. The van der Waals surface area contributed by atoms with Crippen LogP contribution in [-0.4, -0.2) is 88.8 Å². The number of aryl methyl sites for hydroxylation is 1. The second-order valence-electron chi connectivity index (χ2n) is 13.5. The second-order valence-corrected chi connectivity index (χ2v) is 13.9. The third-order valence-electron chi connectivity index (χ3n) is 10.4. The van der Waals surface area contributed by atoms with Gasteiger partial charge in [0, 0.05) is 68.4 Å². The molecule has 8 rings (SSSR count). The zero-order valence-corrected chi connectivity index (χ0v) is 29.5. The number of nitriles is 1. The average Bonchev–Trinajstić information content (AvgIpc) is 3.85. The van der Waals surface area contributed by atoms with Crippen molar-refractivity contribution in [3.05, 3.63) is 76.3 Å². The van der Waals surface area contributed by atoms with E-state index in [1.807, 2.05) is 30.0 Å². The van der Waals surface area contributed by atoms with Gasteiger partial charge in [0.2, 0.25) is 5.91 Å². The smallest absolute Gasteiger partial charge is 0.318 e. The van der Waals surface area contributed by atoms with E-state index in [4.69, 9.17) is 36.1 Å². The molecule has 4 aliphatic rings. The van der Waals surface area contributed by atoms with Crippen LogP contribution in [0.5, 0.6) is 6.01 Å². The Bertz CT molecular complexity index is 1910. The Hall–Kier alpha value is -4.66. The number of ether oxygens (including phenoxy) is 1. The molecule has 50 heavy (non-hydrogen) atoms. The number of carbonyl (C=O) groups excluding carboxylic acids is 1. The third-order valence-corrected chi connectivity index (χ3v) is 10.7. The van der Waals surface area contributed by atoms with Crippen molar-refractivity contribution >= 4 is 45.9 Å². The van der Waals surface area contributed by atoms with Crippen molar-refractivity contribution in [3.63, 3.8) is 0 Å². The third kappa shape index (κ3) is 6.87. The maximum Gasteiger partial charge on any atom is 0.318 e. The standard InChI is InChI=1S/C36H40ClN7O3.C2H3N/c1-25-22-27(47-40-25)10-11-32(45)41-18-20-42(21-19-41)34-28-12-17-43(31-9-3-7-26-6-2-8-29(37)33(26)31)23-30(28)38-35(39-34)46-24-36-13-4-15-44(36)16-5-14-36;1-2-3/h2-3,6-11,22H,4-5,12-21,23-24H2,1H3;1H3/b11-10+;. The monoisotopic (exact) mass is 694 g/mol. The Labute approximate surface area is 298 Å². The molecule has 0 bridgehead atoms. The predicted octanol–water partition coefficient (Wildman–Crippen LogP) is 6.04. The first kappa shape index (κ1) is 33.8. The van der Waals surface area contributed by atoms with Crippen LogP contribution in [0.25, 0.3) is 16.8 Å². The predicted molar refractivity (Wildman–Crippen MR) is 194 cm³/mol. The number of amides is 1. The van der Waals surface area contributed by atoms with Gasteiger partial charge in [0.1, 0.15) is 12.4 Å². The van der Waals surface area contributed by atoms with E-state index in [1.54, 1.807) is 18.2 Å². The minimum atomic E-state index is -0.0335. The van der Waals surface area contributed by atoms with Crippen molar-refractivity contribution in [2.75, 3.05) is 62.2 Å². The molecular weight excluding hydrogens is 652 g/mol. The summed E-state index contributed by atoms with van der Waals surface area (Å²) in [6, 6.07) is 16.4. The number of piperazine rings is 1. The van der Waals surface area contributed by atoms with Crippen LogP contribution in [0.4, 0.5) is 11.5 Å². The first-order chi connectivity index (χ1) is 24.4. The van der Waals surface area contributed by atoms with Gasteiger partial charge in [0.05, 0.1) is 34.6 Å². The summed E-state index contributed by atoms with van der Waals surface area (Å²) in [5, 5.41) is 14.2. The highest BCUT2D eigenvalue weighted by Crippen LogP contribution is 2.40. The van der Waals surface area contributed by atoms with Gasteiger partial charge < -0.3 is 24.0 Å². The van der Waals surface area contributed by atoms with Crippen LogP contribution >= 0.6 is 11.6 Å². The summed E-state index contributed by atoms with van der Waals surface area (Å²) in [6.07, 6.45) is 8.83. The fourth-order valence-electron chi connectivity index (χ4n) is 7.98. The van der Waals surface area contributed by atoms with Gasteiger partial charge in [-0.2, -0.15) is 15.2 Å². The van der Waals surface area contributed by atoms with E-state index in [9.17, 15) is 4.79 Å². The molecule has 0 spiro atoms. The molecule has 0 N–H and O–H groups in total. The number of rotatable bonds is 7. The molecule has 12 heteroatoms. The van der Waals surface area contributed by atoms with E-state index in [1.165, 1.54) is 38.2 Å². The number of benzene rings is 2. The summed E-state index contributed by atoms with van der Waals surface area (Å²) >= 11 is 6.74. The fraction of sp³-hybridized carbons (Fsp3) is 0.447. The SMILES string of the molecule is CC#N.Cc1cc(/C=C/C(=O)N2CCN(c3nc(OCC45CCCN4CCC5)nc4c3CCN(c3cccc5cccc(Cl)c35)C4)CC2)on1. The van der Waals surface area contributed by atoms with E-state index in [0.29, 0.717) is 51.1 Å². The number of hydrogen-bond donors (Lipinski definition) is 0. The Morgan fingerprint density at radius 3 is 2.50 bits per heavy atom. The van der Waals surface area contributed by atoms with Crippen LogP contribution in [0.1, 0.15) is 55.3 Å². The quantitative estimate of drug-likeness (QED) is 0.212. The number of halogens is 1. The van der Waals surface area contributed by atoms with Gasteiger partial charge in [0.25, 0.3) is 0 Å². The van der Waals surface area contributed by atoms with E-state index < -0.39 is 0 Å². The lowest BCUT2D eigenvalue weighted by atomic mass is 9.95. The van der Waals surface area contributed by atoms with Crippen LogP contribution in [0.15, 0.2) is 53.1 Å². The van der Waals surface area contributed by atoms with Crippen molar-refractivity contribution in [2.24, 2.45) is 0 Å². The molecule has 3 saturated heterocycles. The fourth-order valence-corrected chi connectivity index (χ4v) is 8.26. The Morgan fingerprint density at radius 2 is 1.78 bits per heavy atom. The molecule has 0 aliphatic carbocycles. The molecule has 2 aromatic carbocycles. The maximum atomic E-state index is 13.0. The number of carbonyl (C=O) groups is 1. The molecule has 4 aliphatic heterocycles. The van der Waals surface area contributed by atoms with Gasteiger partial charge in [-0.1, -0.05) is 41.0 Å². The summed E-state index contributed by atoms with van der Waals surface area (Å²) in [6.45, 7) is 10.3. The molecule has 0 atom stereocenters. The lowest BCUT2D eigenvalue weighted by Crippen LogP contribution is -2.49. The van der Waals surface area contributed by atoms with E-state index in [0.717, 1.165) is 64.7 Å². The van der Waals surface area contributed by atoms with Crippen LogP contribution in [0, 0.1) is 18.3 Å². The normalized spacial score (nSPS) is 18.5. The van der Waals surface area contributed by atoms with Crippen LogP contribution in [0.3, 0.4) is 0 Å². The van der Waals surface area contributed by atoms with Crippen molar-refractivity contribution in [1.82, 2.24) is 24.9 Å². The molecule has 0 radical (unpaired) electrons. The molecule has 0 saturated carbocycles. The molecule has 2 aromatic heterocycles. The average molecular weight is 695 g/mol. The number of aromatic nitrogens is 3. The summed E-state index contributed by atoms with van der Waals surface area (Å²) in [5.74, 6) is 1.48. The van der Waals surface area contributed by atoms with Gasteiger partial charge in [-0.15, -0.1) is 0 Å². The largest absolute Gasteiger partial charge is 0.461 e. The van der Waals surface area contributed by atoms with Crippen molar-refractivity contribution in [1.29, 1.82) is 5.26 Å². The molecule has 4 aromatic rings.